The Bertz CT molecular complexity index is 815. The van der Waals surface area contributed by atoms with E-state index in [4.69, 9.17) is 16.7 Å². The van der Waals surface area contributed by atoms with Gasteiger partial charge in [0.2, 0.25) is 0 Å². The highest BCUT2D eigenvalue weighted by molar-refractivity contribution is 6.30. The molecule has 1 N–H and O–H groups in total. The number of carboxylic acid groups (broad SMARTS) is 1. The van der Waals surface area contributed by atoms with E-state index in [9.17, 15) is 18.0 Å². The Kier molecular flexibility index (Phi) is 6.66. The molecule has 3 rings (SSSR count). The number of alkyl halides is 3. The van der Waals surface area contributed by atoms with Crippen molar-refractivity contribution in [3.05, 3.63) is 34.6 Å². The van der Waals surface area contributed by atoms with Crippen molar-refractivity contribution < 1.29 is 23.1 Å². The van der Waals surface area contributed by atoms with Crippen molar-refractivity contribution in [3.8, 4) is 5.69 Å². The van der Waals surface area contributed by atoms with Crippen LogP contribution in [0.3, 0.4) is 0 Å². The summed E-state index contributed by atoms with van der Waals surface area (Å²) in [5.41, 5.74) is -1.17. The first kappa shape index (κ1) is 21.4. The quantitative estimate of drug-likeness (QED) is 0.810. The first-order valence-electron chi connectivity index (χ1n) is 7.85. The number of hydrogen-bond acceptors (Lipinski definition) is 5. The Labute approximate surface area is 163 Å². The number of benzene rings is 1. The molecule has 1 saturated heterocycles. The molecule has 148 valence electrons. The van der Waals surface area contributed by atoms with Crippen LogP contribution in [0.5, 0.6) is 0 Å². The van der Waals surface area contributed by atoms with E-state index in [1.807, 2.05) is 4.90 Å². The van der Waals surface area contributed by atoms with E-state index in [-0.39, 0.29) is 35.5 Å². The topological polar surface area (TPSA) is 84.1 Å². The number of tetrazole rings is 1. The molecule has 2 heterocycles. The zero-order chi connectivity index (χ0) is 18.9. The standard InChI is InChI=1S/C15H15ClF3N5O2.ClH/c16-10-3-4-12(11(6-10)15(17,18)19)24-13(20-21-22-24)8-23-5-1-2-9(7-23)14(25)26;/h3-4,6,9H,1-2,5,7-8H2,(H,25,26);1H. The van der Waals surface area contributed by atoms with E-state index in [0.717, 1.165) is 10.7 Å². The monoisotopic (exact) mass is 425 g/mol. The number of nitrogens with zero attached hydrogens (tertiary/aromatic N) is 5. The number of carbonyl (C=O) groups is 1. The maximum atomic E-state index is 13.3. The first-order chi connectivity index (χ1) is 12.3. The molecule has 12 heteroatoms. The van der Waals surface area contributed by atoms with E-state index >= 15 is 0 Å². The van der Waals surface area contributed by atoms with Crippen molar-refractivity contribution >= 4 is 30.0 Å². The third-order valence-corrected chi connectivity index (χ3v) is 4.48. The predicted molar refractivity (Wildman–Crippen MR) is 92.1 cm³/mol. The number of piperidine rings is 1. The minimum absolute atomic E-state index is 0. The Morgan fingerprint density at radius 2 is 2.11 bits per heavy atom. The van der Waals surface area contributed by atoms with Gasteiger partial charge >= 0.3 is 12.1 Å². The zero-order valence-corrected chi connectivity index (χ0v) is 15.4. The molecular weight excluding hydrogens is 410 g/mol. The molecule has 27 heavy (non-hydrogen) atoms. The van der Waals surface area contributed by atoms with Gasteiger partial charge in [0.15, 0.2) is 5.82 Å². The maximum absolute atomic E-state index is 13.3. The van der Waals surface area contributed by atoms with Gasteiger partial charge in [0, 0.05) is 11.6 Å². The minimum Gasteiger partial charge on any atom is -0.481 e. The molecule has 1 aromatic carbocycles. The van der Waals surface area contributed by atoms with Crippen LogP contribution in [0.15, 0.2) is 18.2 Å². The largest absolute Gasteiger partial charge is 0.481 e. The summed E-state index contributed by atoms with van der Waals surface area (Å²) in [6.45, 7) is 1.08. The summed E-state index contributed by atoms with van der Waals surface area (Å²) in [5, 5.41) is 20.1. The number of aliphatic carboxylic acids is 1. The van der Waals surface area contributed by atoms with Crippen LogP contribution in [0.25, 0.3) is 5.69 Å². The number of hydrogen-bond donors (Lipinski definition) is 1. The highest BCUT2D eigenvalue weighted by Crippen LogP contribution is 2.35. The fraction of sp³-hybridized carbons (Fsp3) is 0.467. The van der Waals surface area contributed by atoms with Crippen molar-refractivity contribution in [1.29, 1.82) is 0 Å². The second kappa shape index (κ2) is 8.41. The van der Waals surface area contributed by atoms with E-state index in [0.29, 0.717) is 25.9 Å². The fourth-order valence-electron chi connectivity index (χ4n) is 3.01. The summed E-state index contributed by atoms with van der Waals surface area (Å²) in [6, 6.07) is 3.36. The lowest BCUT2D eigenvalue weighted by Crippen LogP contribution is -2.38. The Morgan fingerprint density at radius 1 is 1.37 bits per heavy atom. The van der Waals surface area contributed by atoms with Crippen LogP contribution in [0.2, 0.25) is 5.02 Å². The summed E-state index contributed by atoms with van der Waals surface area (Å²) in [5.74, 6) is -1.19. The van der Waals surface area contributed by atoms with E-state index in [1.54, 1.807) is 0 Å². The van der Waals surface area contributed by atoms with E-state index < -0.39 is 23.6 Å². The number of aromatic nitrogens is 4. The molecule has 1 aliphatic rings. The number of halogens is 5. The van der Waals surface area contributed by atoms with Crippen molar-refractivity contribution in [1.82, 2.24) is 25.1 Å². The van der Waals surface area contributed by atoms with Crippen LogP contribution in [0.1, 0.15) is 24.2 Å². The lowest BCUT2D eigenvalue weighted by molar-refractivity contribution is -0.143. The third-order valence-electron chi connectivity index (χ3n) is 4.25. The molecule has 1 atom stereocenters. The van der Waals surface area contributed by atoms with Gasteiger partial charge in [-0.25, -0.2) is 0 Å². The van der Waals surface area contributed by atoms with Gasteiger partial charge in [-0.3, -0.25) is 9.69 Å². The normalized spacial score (nSPS) is 18.1. The van der Waals surface area contributed by atoms with Crippen LogP contribution < -0.4 is 0 Å². The lowest BCUT2D eigenvalue weighted by atomic mass is 9.98. The van der Waals surface area contributed by atoms with Crippen LogP contribution in [0.4, 0.5) is 13.2 Å². The summed E-state index contributed by atoms with van der Waals surface area (Å²) >= 11 is 5.70. The van der Waals surface area contributed by atoms with Gasteiger partial charge in [-0.1, -0.05) is 11.6 Å². The molecule has 1 aliphatic heterocycles. The molecule has 7 nitrogen and oxygen atoms in total. The van der Waals surface area contributed by atoms with Gasteiger partial charge < -0.3 is 5.11 Å². The van der Waals surface area contributed by atoms with Gasteiger partial charge in [-0.2, -0.15) is 17.9 Å². The first-order valence-corrected chi connectivity index (χ1v) is 8.23. The van der Waals surface area contributed by atoms with E-state index in [1.165, 1.54) is 12.1 Å². The molecule has 1 fully saturated rings. The SMILES string of the molecule is Cl.O=C(O)C1CCCN(Cc2nnnn2-c2ccc(Cl)cc2C(F)(F)F)C1. The minimum atomic E-state index is -4.62. The number of carboxylic acids is 1. The molecule has 0 radical (unpaired) electrons. The predicted octanol–water partition coefficient (Wildman–Crippen LogP) is 3.05. The summed E-state index contributed by atoms with van der Waals surface area (Å²) in [6.07, 6.45) is -3.36. The molecule has 0 aliphatic carbocycles. The van der Waals surface area contributed by atoms with Crippen LogP contribution in [0, 0.1) is 5.92 Å². The second-order valence-corrected chi connectivity index (χ2v) is 6.52. The zero-order valence-electron chi connectivity index (χ0n) is 13.9. The molecule has 0 bridgehead atoms. The van der Waals surface area contributed by atoms with E-state index in [2.05, 4.69) is 15.5 Å². The number of rotatable bonds is 4. The average molecular weight is 426 g/mol. The second-order valence-electron chi connectivity index (χ2n) is 6.08. The summed E-state index contributed by atoms with van der Waals surface area (Å²) < 4.78 is 41.0. The van der Waals surface area contributed by atoms with Crippen molar-refractivity contribution in [2.45, 2.75) is 25.6 Å². The lowest BCUT2D eigenvalue weighted by Gasteiger charge is -2.30. The van der Waals surface area contributed by atoms with Crippen molar-refractivity contribution in [2.24, 2.45) is 5.92 Å². The van der Waals surface area contributed by atoms with Crippen LogP contribution in [-0.2, 0) is 17.5 Å². The molecule has 0 amide bonds. The Morgan fingerprint density at radius 3 is 2.78 bits per heavy atom. The molecule has 0 saturated carbocycles. The molecule has 1 unspecified atom stereocenters. The molecule has 1 aromatic heterocycles. The molecular formula is C15H16Cl2F3N5O2. The van der Waals surface area contributed by atoms with Gasteiger partial charge in [-0.05, 0) is 48.0 Å². The van der Waals surface area contributed by atoms with Gasteiger partial charge in [0.1, 0.15) is 0 Å². The Balaban J connectivity index is 0.00000261. The smallest absolute Gasteiger partial charge is 0.418 e. The van der Waals surface area contributed by atoms with Gasteiger partial charge in [0.05, 0.1) is 23.7 Å². The number of likely N-dealkylation sites (tertiary alicyclic amines) is 1. The van der Waals surface area contributed by atoms with Crippen LogP contribution in [-0.4, -0.2) is 49.3 Å². The molecule has 2 aromatic rings. The van der Waals surface area contributed by atoms with Crippen molar-refractivity contribution in [2.75, 3.05) is 13.1 Å². The summed E-state index contributed by atoms with van der Waals surface area (Å²) in [4.78, 5) is 13.0. The maximum Gasteiger partial charge on any atom is 0.418 e. The highest BCUT2D eigenvalue weighted by atomic mass is 35.5. The van der Waals surface area contributed by atoms with Crippen molar-refractivity contribution in [3.63, 3.8) is 0 Å². The third kappa shape index (κ3) is 4.88. The van der Waals surface area contributed by atoms with Crippen LogP contribution >= 0.6 is 24.0 Å². The fourth-order valence-corrected chi connectivity index (χ4v) is 3.18. The average Bonchev–Trinajstić information content (AvgIpc) is 3.02. The molecule has 0 spiro atoms. The Hall–Kier alpha value is -1.91. The van der Waals surface area contributed by atoms with Gasteiger partial charge in [0.25, 0.3) is 0 Å². The summed E-state index contributed by atoms with van der Waals surface area (Å²) in [7, 11) is 0. The van der Waals surface area contributed by atoms with Gasteiger partial charge in [-0.15, -0.1) is 17.5 Å². The highest BCUT2D eigenvalue weighted by Gasteiger charge is 2.35.